The maximum Gasteiger partial charge on any atom is -0.0149 e. The van der Waals surface area contributed by atoms with Crippen molar-refractivity contribution in [2.75, 3.05) is 12.5 Å². The Morgan fingerprint density at radius 1 is 1.25 bits per heavy atom. The lowest BCUT2D eigenvalue weighted by atomic mass is 11.9. The van der Waals surface area contributed by atoms with Gasteiger partial charge < -0.3 is 0 Å². The van der Waals surface area contributed by atoms with E-state index in [1.165, 1.54) is 0 Å². The summed E-state index contributed by atoms with van der Waals surface area (Å²) >= 11 is 1.75. The van der Waals surface area contributed by atoms with E-state index >= 15 is 0 Å². The number of thioether (sulfide) groups is 1. The lowest BCUT2D eigenvalue weighted by Crippen LogP contribution is -1.25. The van der Waals surface area contributed by atoms with Gasteiger partial charge in [-0.2, -0.15) is 11.8 Å². The molecule has 0 rings (SSSR count). The van der Waals surface area contributed by atoms with Crippen LogP contribution in [0.15, 0.2) is 0 Å². The molecule has 0 fully saturated rings. The zero-order valence-corrected chi connectivity index (χ0v) is 3.22. The molecular formula is C2H10SSi. The van der Waals surface area contributed by atoms with Gasteiger partial charge in [0.05, 0.1) is 0 Å². The van der Waals surface area contributed by atoms with E-state index in [2.05, 4.69) is 0 Å². The van der Waals surface area contributed by atoms with Gasteiger partial charge in [0.15, 0.2) is 0 Å². The van der Waals surface area contributed by atoms with Crippen LogP contribution in [0.1, 0.15) is 0 Å². The summed E-state index contributed by atoms with van der Waals surface area (Å²) in [7, 11) is 0. The first-order valence-corrected chi connectivity index (χ1v) is 2.45. The molecule has 0 spiro atoms. The summed E-state index contributed by atoms with van der Waals surface area (Å²) in [6.45, 7) is 0. The highest BCUT2D eigenvalue weighted by Crippen LogP contribution is 1.70. The zero-order chi connectivity index (χ0) is 2.71. The molecule has 0 aliphatic carbocycles. The van der Waals surface area contributed by atoms with Crippen LogP contribution in [0.25, 0.3) is 0 Å². The van der Waals surface area contributed by atoms with Crippen molar-refractivity contribution in [2.45, 2.75) is 0 Å². The van der Waals surface area contributed by atoms with Crippen LogP contribution in [0.5, 0.6) is 0 Å². The highest BCUT2D eigenvalue weighted by molar-refractivity contribution is 7.97. The maximum absolute atomic E-state index is 2.04. The summed E-state index contributed by atoms with van der Waals surface area (Å²) in [6.07, 6.45) is 4.08. The number of rotatable bonds is 0. The third kappa shape index (κ3) is 19.6. The third-order valence-electron chi connectivity index (χ3n) is 0. The van der Waals surface area contributed by atoms with Crippen LogP contribution >= 0.6 is 11.8 Å². The fourth-order valence-corrected chi connectivity index (χ4v) is 0. The van der Waals surface area contributed by atoms with E-state index in [1.54, 1.807) is 11.8 Å². The van der Waals surface area contributed by atoms with Crippen molar-refractivity contribution in [3.63, 3.8) is 0 Å². The van der Waals surface area contributed by atoms with Gasteiger partial charge in [-0.25, -0.2) is 0 Å². The first-order chi connectivity index (χ1) is 1.41. The van der Waals surface area contributed by atoms with Crippen molar-refractivity contribution >= 4 is 22.7 Å². The van der Waals surface area contributed by atoms with E-state index in [0.29, 0.717) is 0 Å². The van der Waals surface area contributed by atoms with Crippen molar-refractivity contribution in [2.24, 2.45) is 0 Å². The monoisotopic (exact) mass is 94.0 g/mol. The van der Waals surface area contributed by atoms with E-state index in [0.717, 1.165) is 0 Å². The molecule has 0 aliphatic rings. The second-order valence-corrected chi connectivity index (χ2v) is 1.22. The molecule has 0 heterocycles. The highest BCUT2D eigenvalue weighted by Gasteiger charge is 1.32. The van der Waals surface area contributed by atoms with E-state index < -0.39 is 0 Å². The average molecular weight is 94.3 g/mol. The molecule has 0 aliphatic heterocycles. The first-order valence-electron chi connectivity index (χ1n) is 0.816. The van der Waals surface area contributed by atoms with E-state index in [4.69, 9.17) is 0 Å². The summed E-state index contributed by atoms with van der Waals surface area (Å²) in [6, 6.07) is 0. The second kappa shape index (κ2) is 9.57. The van der Waals surface area contributed by atoms with Gasteiger partial charge in [0, 0.05) is 0 Å². The topological polar surface area (TPSA) is 0 Å². The molecule has 2 heteroatoms. The minimum absolute atomic E-state index is 0. The van der Waals surface area contributed by atoms with Gasteiger partial charge in [0.2, 0.25) is 0 Å². The van der Waals surface area contributed by atoms with Crippen LogP contribution in [-0.2, 0) is 0 Å². The molecule has 0 amide bonds. The summed E-state index contributed by atoms with van der Waals surface area (Å²) in [5.41, 5.74) is 0. The molecule has 0 nitrogen and oxygen atoms in total. The van der Waals surface area contributed by atoms with Crippen LogP contribution in [0, 0.1) is 0 Å². The molecule has 0 unspecified atom stereocenters. The lowest BCUT2D eigenvalue weighted by molar-refractivity contribution is 2.37. The Balaban J connectivity index is 0. The van der Waals surface area contributed by atoms with E-state index in [9.17, 15) is 0 Å². The molecule has 0 aromatic carbocycles. The fraction of sp³-hybridized carbons (Fsp3) is 1.00. The first kappa shape index (κ1) is 8.82. The van der Waals surface area contributed by atoms with Gasteiger partial charge in [-0.3, -0.25) is 0 Å². The molecule has 0 atom stereocenters. The van der Waals surface area contributed by atoms with Gasteiger partial charge in [-0.05, 0) is 23.5 Å². The van der Waals surface area contributed by atoms with Crippen LogP contribution < -0.4 is 0 Å². The van der Waals surface area contributed by atoms with Gasteiger partial charge in [0.1, 0.15) is 0 Å². The predicted octanol–water partition coefficient (Wildman–Crippen LogP) is -0.472. The summed E-state index contributed by atoms with van der Waals surface area (Å²) < 4.78 is 0. The van der Waals surface area contributed by atoms with E-state index in [-0.39, 0.29) is 11.0 Å². The maximum atomic E-state index is 2.04. The van der Waals surface area contributed by atoms with Gasteiger partial charge >= 0.3 is 0 Å². The largest absolute Gasteiger partial charge is 0.169 e. The Bertz CT molecular complexity index is 6.00. The van der Waals surface area contributed by atoms with Gasteiger partial charge in [-0.1, -0.05) is 0 Å². The zero-order valence-electron chi connectivity index (χ0n) is 2.41. The highest BCUT2D eigenvalue weighted by atomic mass is 32.2. The number of hydrogen-bond donors (Lipinski definition) is 0. The molecular weight excluding hydrogens is 84.2 g/mol. The summed E-state index contributed by atoms with van der Waals surface area (Å²) in [5, 5.41) is 0. The van der Waals surface area contributed by atoms with E-state index in [1.807, 2.05) is 12.5 Å². The smallest absolute Gasteiger partial charge is 0.0149 e. The summed E-state index contributed by atoms with van der Waals surface area (Å²) in [4.78, 5) is 0. The summed E-state index contributed by atoms with van der Waals surface area (Å²) in [5.74, 6) is 0. The molecule has 0 radical (unpaired) electrons. The average Bonchev–Trinajstić information content (AvgIpc) is 0.918. The van der Waals surface area contributed by atoms with Gasteiger partial charge in [-0.15, -0.1) is 0 Å². The Morgan fingerprint density at radius 2 is 1.25 bits per heavy atom. The minimum atomic E-state index is 0. The quantitative estimate of drug-likeness (QED) is 0.366. The SMILES string of the molecule is CSC.[SiH4]. The third-order valence-corrected chi connectivity index (χ3v) is 0. The Labute approximate surface area is 36.0 Å². The van der Waals surface area contributed by atoms with Crippen LogP contribution in [-0.4, -0.2) is 23.5 Å². The van der Waals surface area contributed by atoms with Crippen molar-refractivity contribution in [1.82, 2.24) is 0 Å². The normalized spacial score (nSPS) is 4.50. The van der Waals surface area contributed by atoms with Crippen LogP contribution in [0.4, 0.5) is 0 Å². The Morgan fingerprint density at radius 3 is 1.25 bits per heavy atom. The number of hydrogen-bond acceptors (Lipinski definition) is 1. The standard InChI is InChI=1S/C2H6S.H4Si/c1-3-2;/h1-2H3;1H4. The Hall–Kier alpha value is 0.567. The van der Waals surface area contributed by atoms with Gasteiger partial charge in [0.25, 0.3) is 0 Å². The van der Waals surface area contributed by atoms with Crippen LogP contribution in [0.3, 0.4) is 0 Å². The van der Waals surface area contributed by atoms with Crippen molar-refractivity contribution in [3.8, 4) is 0 Å². The lowest BCUT2D eigenvalue weighted by Gasteiger charge is -1.51. The molecule has 0 saturated heterocycles. The molecule has 28 valence electrons. The molecule has 0 aromatic rings. The second-order valence-electron chi connectivity index (χ2n) is 0.408. The van der Waals surface area contributed by atoms with Crippen molar-refractivity contribution in [3.05, 3.63) is 0 Å². The Kier molecular flexibility index (Phi) is 21.1. The van der Waals surface area contributed by atoms with Crippen molar-refractivity contribution < 1.29 is 0 Å². The fourth-order valence-electron chi connectivity index (χ4n) is 0. The van der Waals surface area contributed by atoms with Crippen molar-refractivity contribution in [1.29, 1.82) is 0 Å². The van der Waals surface area contributed by atoms with Crippen LogP contribution in [0.2, 0.25) is 0 Å². The molecule has 0 saturated carbocycles. The predicted molar refractivity (Wildman–Crippen MR) is 30.8 cm³/mol. The molecule has 0 aromatic heterocycles. The molecule has 4 heavy (non-hydrogen) atoms. The minimum Gasteiger partial charge on any atom is -0.169 e. The molecule has 0 bridgehead atoms. The molecule has 0 N–H and O–H groups in total.